The number of amides is 1. The van der Waals surface area contributed by atoms with Gasteiger partial charge in [0.2, 0.25) is 5.56 Å². The number of nitrogens with zero attached hydrogens (tertiary/aromatic N) is 1. The number of hydrogen-bond acceptors (Lipinski definition) is 3. The monoisotopic (exact) mass is 309 g/mol. The maximum atomic E-state index is 12.6. The van der Waals surface area contributed by atoms with Crippen molar-refractivity contribution in [2.75, 3.05) is 13.1 Å². The van der Waals surface area contributed by atoms with E-state index in [-0.39, 0.29) is 17.5 Å². The minimum atomic E-state index is -0.117. The molecule has 2 aromatic rings. The minimum Gasteiger partial charge on any atom is -0.330 e. The summed E-state index contributed by atoms with van der Waals surface area (Å²) in [4.78, 5) is 28.7. The fraction of sp³-hybridized carbons (Fsp3) is 0.333. The summed E-state index contributed by atoms with van der Waals surface area (Å²) in [5.41, 5.74) is 3.59. The second-order valence-corrected chi connectivity index (χ2v) is 6.25. The Morgan fingerprint density at radius 3 is 2.74 bits per heavy atom. The molecule has 1 fully saturated rings. The Kier molecular flexibility index (Phi) is 3.50. The first-order valence-electron chi connectivity index (χ1n) is 8.06. The molecule has 4 rings (SSSR count). The van der Waals surface area contributed by atoms with Crippen molar-refractivity contribution in [1.29, 1.82) is 0 Å². The number of carbonyl (C=O) groups excluding carboxylic acids is 1. The van der Waals surface area contributed by atoms with Gasteiger partial charge in [-0.1, -0.05) is 6.07 Å². The Balaban J connectivity index is 1.64. The van der Waals surface area contributed by atoms with E-state index in [1.165, 1.54) is 0 Å². The summed E-state index contributed by atoms with van der Waals surface area (Å²) < 4.78 is 0. The van der Waals surface area contributed by atoms with E-state index < -0.39 is 0 Å². The molecule has 3 heterocycles. The molecular formula is C18H19N3O2. The van der Waals surface area contributed by atoms with Gasteiger partial charge in [-0.05, 0) is 54.3 Å². The first kappa shape index (κ1) is 14.2. The van der Waals surface area contributed by atoms with Gasteiger partial charge in [0.05, 0.1) is 0 Å². The molecule has 5 nitrogen and oxygen atoms in total. The zero-order valence-electron chi connectivity index (χ0n) is 12.8. The van der Waals surface area contributed by atoms with Gasteiger partial charge in [0.15, 0.2) is 0 Å². The van der Waals surface area contributed by atoms with Gasteiger partial charge < -0.3 is 15.2 Å². The maximum absolute atomic E-state index is 12.6. The van der Waals surface area contributed by atoms with Gasteiger partial charge in [-0.3, -0.25) is 9.59 Å². The van der Waals surface area contributed by atoms with Crippen LogP contribution in [-0.2, 0) is 6.54 Å². The molecule has 2 aliphatic rings. The van der Waals surface area contributed by atoms with Crippen LogP contribution in [0.4, 0.5) is 0 Å². The van der Waals surface area contributed by atoms with Crippen molar-refractivity contribution < 1.29 is 4.79 Å². The van der Waals surface area contributed by atoms with Crippen LogP contribution in [0.3, 0.4) is 0 Å². The highest BCUT2D eigenvalue weighted by Crippen LogP contribution is 2.30. The molecule has 1 aromatic heterocycles. The summed E-state index contributed by atoms with van der Waals surface area (Å²) in [7, 11) is 0. The molecule has 1 atom stereocenters. The molecule has 0 bridgehead atoms. The number of hydrogen-bond donors (Lipinski definition) is 2. The van der Waals surface area contributed by atoms with Crippen LogP contribution in [0.15, 0.2) is 41.3 Å². The molecule has 0 spiro atoms. The molecule has 1 amide bonds. The van der Waals surface area contributed by atoms with Crippen molar-refractivity contribution in [2.45, 2.75) is 25.4 Å². The van der Waals surface area contributed by atoms with Gasteiger partial charge in [0.25, 0.3) is 5.91 Å². The topological polar surface area (TPSA) is 65.2 Å². The number of fused-ring (bicyclic) bond motifs is 1. The lowest BCUT2D eigenvalue weighted by molar-refractivity contribution is 0.0674. The second kappa shape index (κ2) is 5.66. The molecule has 0 saturated carbocycles. The number of rotatable bonds is 2. The fourth-order valence-electron chi connectivity index (χ4n) is 3.54. The van der Waals surface area contributed by atoms with Crippen molar-refractivity contribution >= 4 is 5.91 Å². The maximum Gasteiger partial charge on any atom is 0.254 e. The average Bonchev–Trinajstić information content (AvgIpc) is 2.92. The Hall–Kier alpha value is -2.40. The van der Waals surface area contributed by atoms with Crippen LogP contribution in [-0.4, -0.2) is 34.9 Å². The third-order valence-electron chi connectivity index (χ3n) is 4.76. The van der Waals surface area contributed by atoms with Crippen LogP contribution in [0.25, 0.3) is 11.1 Å². The highest BCUT2D eigenvalue weighted by atomic mass is 16.2. The number of piperidine rings is 1. The largest absolute Gasteiger partial charge is 0.330 e. The number of H-pyrrole nitrogens is 1. The fourth-order valence-corrected chi connectivity index (χ4v) is 3.54. The van der Waals surface area contributed by atoms with E-state index in [0.717, 1.165) is 48.2 Å². The molecule has 23 heavy (non-hydrogen) atoms. The molecule has 5 heteroatoms. The first-order chi connectivity index (χ1) is 11.2. The molecule has 0 aliphatic carbocycles. The van der Waals surface area contributed by atoms with Crippen molar-refractivity contribution in [2.24, 2.45) is 0 Å². The van der Waals surface area contributed by atoms with E-state index in [0.29, 0.717) is 6.54 Å². The minimum absolute atomic E-state index is 0.117. The summed E-state index contributed by atoms with van der Waals surface area (Å²) in [5, 5.41) is 3.37. The second-order valence-electron chi connectivity index (χ2n) is 6.25. The predicted molar refractivity (Wildman–Crippen MR) is 88.3 cm³/mol. The Morgan fingerprint density at radius 1 is 1.09 bits per heavy atom. The predicted octanol–water partition coefficient (Wildman–Crippen LogP) is 1.75. The smallest absolute Gasteiger partial charge is 0.254 e. The Morgan fingerprint density at radius 2 is 1.96 bits per heavy atom. The average molecular weight is 309 g/mol. The molecule has 118 valence electrons. The lowest BCUT2D eigenvalue weighted by atomic mass is 10.0. The molecule has 1 aromatic carbocycles. The zero-order valence-corrected chi connectivity index (χ0v) is 12.8. The van der Waals surface area contributed by atoms with Crippen molar-refractivity contribution in [1.82, 2.24) is 15.2 Å². The third-order valence-corrected chi connectivity index (χ3v) is 4.76. The van der Waals surface area contributed by atoms with Crippen LogP contribution in [0, 0.1) is 0 Å². The highest BCUT2D eigenvalue weighted by Gasteiger charge is 2.33. The first-order valence-corrected chi connectivity index (χ1v) is 8.06. The van der Waals surface area contributed by atoms with Gasteiger partial charge in [-0.15, -0.1) is 0 Å². The van der Waals surface area contributed by atoms with E-state index >= 15 is 0 Å². The summed E-state index contributed by atoms with van der Waals surface area (Å²) in [5.74, 6) is 0.131. The van der Waals surface area contributed by atoms with Gasteiger partial charge in [0, 0.05) is 37.0 Å². The van der Waals surface area contributed by atoms with Crippen LogP contribution in [0.5, 0.6) is 0 Å². The summed E-state index contributed by atoms with van der Waals surface area (Å²) in [6.45, 7) is 2.58. The molecule has 0 radical (unpaired) electrons. The summed E-state index contributed by atoms with van der Waals surface area (Å²) in [6, 6.07) is 9.60. The van der Waals surface area contributed by atoms with Gasteiger partial charge in [-0.25, -0.2) is 0 Å². The molecule has 1 unspecified atom stereocenters. The third kappa shape index (κ3) is 2.57. The number of aromatic nitrogens is 1. The van der Waals surface area contributed by atoms with Gasteiger partial charge in [0.1, 0.15) is 0 Å². The molecular weight excluding hydrogens is 290 g/mol. The van der Waals surface area contributed by atoms with E-state index in [4.69, 9.17) is 0 Å². The zero-order chi connectivity index (χ0) is 15.8. The normalized spacial score (nSPS) is 20.6. The number of aromatic amines is 1. The lowest BCUT2D eigenvalue weighted by Crippen LogP contribution is -2.46. The number of benzene rings is 1. The van der Waals surface area contributed by atoms with E-state index in [2.05, 4.69) is 10.3 Å². The number of nitrogens with one attached hydrogen (secondary N) is 2. The van der Waals surface area contributed by atoms with Crippen LogP contribution < -0.4 is 10.9 Å². The quantitative estimate of drug-likeness (QED) is 0.888. The SMILES string of the molecule is O=C1c2ccc(-c3cc[nH]c(=O)c3)cc2CN1C1CCCNC1. The van der Waals surface area contributed by atoms with Crippen LogP contribution >= 0.6 is 0 Å². The van der Waals surface area contributed by atoms with Gasteiger partial charge >= 0.3 is 0 Å². The molecule has 2 aliphatic heterocycles. The molecule has 2 N–H and O–H groups in total. The summed E-state index contributed by atoms with van der Waals surface area (Å²) >= 11 is 0. The van der Waals surface area contributed by atoms with Crippen LogP contribution in [0.1, 0.15) is 28.8 Å². The number of carbonyl (C=O) groups is 1. The summed E-state index contributed by atoms with van der Waals surface area (Å²) in [6.07, 6.45) is 3.83. The lowest BCUT2D eigenvalue weighted by Gasteiger charge is -2.31. The molecule has 1 saturated heterocycles. The Bertz CT molecular complexity index is 806. The van der Waals surface area contributed by atoms with Crippen molar-refractivity contribution in [3.05, 3.63) is 58.0 Å². The Labute approximate surface area is 134 Å². The van der Waals surface area contributed by atoms with Crippen LogP contribution in [0.2, 0.25) is 0 Å². The standard InChI is InChI=1S/C18H19N3O2/c22-17-9-13(5-7-20-17)12-3-4-16-14(8-12)11-21(18(16)23)15-2-1-6-19-10-15/h3-5,7-9,15,19H,1-2,6,10-11H2,(H,20,22). The van der Waals surface area contributed by atoms with E-state index in [1.807, 2.05) is 29.2 Å². The van der Waals surface area contributed by atoms with Gasteiger partial charge in [-0.2, -0.15) is 0 Å². The number of pyridine rings is 1. The van der Waals surface area contributed by atoms with Crippen molar-refractivity contribution in [3.8, 4) is 11.1 Å². The van der Waals surface area contributed by atoms with E-state index in [9.17, 15) is 9.59 Å². The van der Waals surface area contributed by atoms with Crippen molar-refractivity contribution in [3.63, 3.8) is 0 Å². The van der Waals surface area contributed by atoms with E-state index in [1.54, 1.807) is 12.3 Å². The highest BCUT2D eigenvalue weighted by molar-refractivity contribution is 5.99.